The molecule has 1 aromatic carbocycles. The van der Waals surface area contributed by atoms with Crippen LogP contribution in [0.1, 0.15) is 37.8 Å². The molecule has 1 aromatic rings. The number of anilines is 1. The highest BCUT2D eigenvalue weighted by molar-refractivity contribution is 5.55. The van der Waals surface area contributed by atoms with Crippen molar-refractivity contribution >= 4 is 5.69 Å². The largest absolute Gasteiger partial charge is 0.370 e. The van der Waals surface area contributed by atoms with Gasteiger partial charge in [-0.25, -0.2) is 4.39 Å². The van der Waals surface area contributed by atoms with E-state index in [0.29, 0.717) is 6.04 Å². The predicted molar refractivity (Wildman–Crippen MR) is 80.4 cm³/mol. The van der Waals surface area contributed by atoms with Gasteiger partial charge in [0, 0.05) is 37.4 Å². The number of halogens is 1. The van der Waals surface area contributed by atoms with E-state index in [0.717, 1.165) is 24.3 Å². The summed E-state index contributed by atoms with van der Waals surface area (Å²) in [6.45, 7) is 6.44. The Labute approximate surface area is 120 Å². The molecule has 3 nitrogen and oxygen atoms in total. The number of benzene rings is 1. The van der Waals surface area contributed by atoms with Crippen molar-refractivity contribution in [3.63, 3.8) is 0 Å². The Balaban J connectivity index is 1.87. The van der Waals surface area contributed by atoms with E-state index in [2.05, 4.69) is 9.80 Å². The fraction of sp³-hybridized carbons (Fsp3) is 0.625. The molecule has 0 aromatic heterocycles. The van der Waals surface area contributed by atoms with Gasteiger partial charge in [-0.05, 0) is 56.5 Å². The highest BCUT2D eigenvalue weighted by Crippen LogP contribution is 2.30. The average molecular weight is 277 g/mol. The number of nitrogens with zero attached hydrogens (tertiary/aromatic N) is 2. The van der Waals surface area contributed by atoms with E-state index in [1.807, 2.05) is 13.0 Å². The van der Waals surface area contributed by atoms with Crippen LogP contribution in [0.25, 0.3) is 0 Å². The minimum Gasteiger partial charge on any atom is -0.370 e. The van der Waals surface area contributed by atoms with Crippen LogP contribution in [0.3, 0.4) is 0 Å². The maximum atomic E-state index is 13.5. The lowest BCUT2D eigenvalue weighted by atomic mass is 10.0. The van der Waals surface area contributed by atoms with Crippen LogP contribution in [0.4, 0.5) is 10.1 Å². The Kier molecular flexibility index (Phi) is 3.94. The molecule has 0 radical (unpaired) electrons. The summed E-state index contributed by atoms with van der Waals surface area (Å²) in [5, 5.41) is 0. The molecule has 0 aliphatic carbocycles. The van der Waals surface area contributed by atoms with Gasteiger partial charge in [0.1, 0.15) is 5.82 Å². The predicted octanol–water partition coefficient (Wildman–Crippen LogP) is 2.52. The van der Waals surface area contributed by atoms with Crippen molar-refractivity contribution in [2.45, 2.75) is 38.3 Å². The molecule has 110 valence electrons. The zero-order valence-electron chi connectivity index (χ0n) is 12.2. The molecule has 2 saturated heterocycles. The van der Waals surface area contributed by atoms with Gasteiger partial charge in [0.05, 0.1) is 0 Å². The summed E-state index contributed by atoms with van der Waals surface area (Å²) < 4.78 is 13.5. The van der Waals surface area contributed by atoms with Crippen LogP contribution in [-0.4, -0.2) is 37.1 Å². The van der Waals surface area contributed by atoms with E-state index in [4.69, 9.17) is 5.73 Å². The maximum absolute atomic E-state index is 13.5. The van der Waals surface area contributed by atoms with Gasteiger partial charge in [-0.15, -0.1) is 0 Å². The number of hydrogen-bond donors (Lipinski definition) is 1. The van der Waals surface area contributed by atoms with Gasteiger partial charge in [-0.2, -0.15) is 0 Å². The molecule has 0 amide bonds. The average Bonchev–Trinajstić information content (AvgIpc) is 2.76. The van der Waals surface area contributed by atoms with Gasteiger partial charge >= 0.3 is 0 Å². The maximum Gasteiger partial charge on any atom is 0.123 e. The van der Waals surface area contributed by atoms with E-state index in [9.17, 15) is 4.39 Å². The quantitative estimate of drug-likeness (QED) is 0.901. The minimum absolute atomic E-state index is 0.136. The second-order valence-corrected chi connectivity index (χ2v) is 6.12. The normalized spacial score (nSPS) is 25.4. The van der Waals surface area contributed by atoms with Crippen LogP contribution in [0.15, 0.2) is 18.2 Å². The van der Waals surface area contributed by atoms with Crippen molar-refractivity contribution < 1.29 is 4.39 Å². The molecule has 1 unspecified atom stereocenters. The summed E-state index contributed by atoms with van der Waals surface area (Å²) in [6, 6.07) is 5.57. The summed E-state index contributed by atoms with van der Waals surface area (Å²) in [7, 11) is 0. The summed E-state index contributed by atoms with van der Waals surface area (Å²) in [5.41, 5.74) is 8.08. The molecule has 2 aliphatic heterocycles. The molecule has 0 spiro atoms. The molecule has 0 saturated carbocycles. The third-order valence-electron chi connectivity index (χ3n) is 4.62. The molecule has 2 heterocycles. The molecule has 3 rings (SSSR count). The lowest BCUT2D eigenvalue weighted by Gasteiger charge is -2.29. The highest BCUT2D eigenvalue weighted by Gasteiger charge is 2.29. The van der Waals surface area contributed by atoms with Crippen molar-refractivity contribution in [2.24, 2.45) is 5.73 Å². The number of nitrogens with two attached hydrogens (primary N) is 1. The molecule has 2 aliphatic rings. The van der Waals surface area contributed by atoms with E-state index < -0.39 is 0 Å². The Hall–Kier alpha value is -1.13. The van der Waals surface area contributed by atoms with Gasteiger partial charge in [-0.1, -0.05) is 0 Å². The number of hydrogen-bond acceptors (Lipinski definition) is 3. The van der Waals surface area contributed by atoms with Crippen molar-refractivity contribution in [2.75, 3.05) is 31.1 Å². The van der Waals surface area contributed by atoms with E-state index in [1.54, 1.807) is 12.1 Å². The molecule has 4 heteroatoms. The van der Waals surface area contributed by atoms with Crippen LogP contribution in [-0.2, 0) is 0 Å². The van der Waals surface area contributed by atoms with Crippen LogP contribution < -0.4 is 10.6 Å². The summed E-state index contributed by atoms with van der Waals surface area (Å²) in [4.78, 5) is 5.02. The first kappa shape index (κ1) is 13.8. The van der Waals surface area contributed by atoms with Crippen LogP contribution in [0, 0.1) is 5.82 Å². The lowest BCUT2D eigenvalue weighted by Crippen LogP contribution is -2.37. The monoisotopic (exact) mass is 277 g/mol. The SMILES string of the molecule is C[C@H](N)c1cc(F)ccc1N1CCCN2CCCC2C1. The van der Waals surface area contributed by atoms with Crippen molar-refractivity contribution in [1.29, 1.82) is 0 Å². The number of fused-ring (bicyclic) bond motifs is 1. The van der Waals surface area contributed by atoms with Crippen LogP contribution in [0.5, 0.6) is 0 Å². The highest BCUT2D eigenvalue weighted by atomic mass is 19.1. The molecule has 0 bridgehead atoms. The Bertz CT molecular complexity index is 475. The third kappa shape index (κ3) is 2.67. The van der Waals surface area contributed by atoms with Crippen LogP contribution in [0.2, 0.25) is 0 Å². The molecule has 2 atom stereocenters. The standard InChI is InChI=1S/C16H24FN3/c1-12(18)15-10-13(17)5-6-16(15)20-9-3-8-19-7-2-4-14(19)11-20/h5-6,10,12,14H,2-4,7-9,11,18H2,1H3/t12-,14?/m0/s1. The summed E-state index contributed by atoms with van der Waals surface area (Å²) >= 11 is 0. The fourth-order valence-corrected chi connectivity index (χ4v) is 3.60. The molecular weight excluding hydrogens is 253 g/mol. The van der Waals surface area contributed by atoms with Crippen molar-refractivity contribution in [3.05, 3.63) is 29.6 Å². The lowest BCUT2D eigenvalue weighted by molar-refractivity contribution is 0.273. The van der Waals surface area contributed by atoms with E-state index >= 15 is 0 Å². The Morgan fingerprint density at radius 1 is 1.25 bits per heavy atom. The van der Waals surface area contributed by atoms with Gasteiger partial charge in [0.15, 0.2) is 0 Å². The second kappa shape index (κ2) is 5.70. The second-order valence-electron chi connectivity index (χ2n) is 6.12. The zero-order valence-corrected chi connectivity index (χ0v) is 12.2. The summed E-state index contributed by atoms with van der Waals surface area (Å²) in [6.07, 6.45) is 3.76. The summed E-state index contributed by atoms with van der Waals surface area (Å²) in [5.74, 6) is -0.196. The van der Waals surface area contributed by atoms with E-state index in [1.165, 1.54) is 32.4 Å². The smallest absolute Gasteiger partial charge is 0.123 e. The molecule has 2 fully saturated rings. The van der Waals surface area contributed by atoms with Crippen molar-refractivity contribution in [1.82, 2.24) is 4.90 Å². The van der Waals surface area contributed by atoms with Crippen molar-refractivity contribution in [3.8, 4) is 0 Å². The first-order valence-electron chi connectivity index (χ1n) is 7.69. The first-order chi connectivity index (χ1) is 9.65. The molecule has 2 N–H and O–H groups in total. The fourth-order valence-electron chi connectivity index (χ4n) is 3.60. The molecule has 20 heavy (non-hydrogen) atoms. The van der Waals surface area contributed by atoms with Crippen LogP contribution >= 0.6 is 0 Å². The Morgan fingerprint density at radius 2 is 2.05 bits per heavy atom. The van der Waals surface area contributed by atoms with E-state index in [-0.39, 0.29) is 11.9 Å². The third-order valence-corrected chi connectivity index (χ3v) is 4.62. The van der Waals surface area contributed by atoms with Gasteiger partial charge in [0.2, 0.25) is 0 Å². The first-order valence-corrected chi connectivity index (χ1v) is 7.69. The number of rotatable bonds is 2. The Morgan fingerprint density at radius 3 is 2.85 bits per heavy atom. The van der Waals surface area contributed by atoms with Gasteiger partial charge < -0.3 is 10.6 Å². The minimum atomic E-state index is -0.196. The van der Waals surface area contributed by atoms with Gasteiger partial charge in [-0.3, -0.25) is 4.90 Å². The van der Waals surface area contributed by atoms with Gasteiger partial charge in [0.25, 0.3) is 0 Å². The molecular formula is C16H24FN3. The zero-order chi connectivity index (χ0) is 14.1. The topological polar surface area (TPSA) is 32.5 Å².